The van der Waals surface area contributed by atoms with Gasteiger partial charge in [-0.15, -0.1) is 0 Å². The number of likely N-dealkylation sites (tertiary alicyclic amines) is 1. The van der Waals surface area contributed by atoms with E-state index in [1.54, 1.807) is 14.0 Å². The van der Waals surface area contributed by atoms with Crippen LogP contribution in [0, 0.1) is 11.3 Å². The van der Waals surface area contributed by atoms with Crippen molar-refractivity contribution >= 4 is 12.0 Å². The highest BCUT2D eigenvalue weighted by atomic mass is 16.4. The maximum atomic E-state index is 12.0. The molecule has 0 bridgehead atoms. The second-order valence-electron chi connectivity index (χ2n) is 6.39. The van der Waals surface area contributed by atoms with Crippen LogP contribution in [0.1, 0.15) is 26.7 Å². The van der Waals surface area contributed by atoms with Crippen LogP contribution in [0.4, 0.5) is 4.79 Å². The summed E-state index contributed by atoms with van der Waals surface area (Å²) in [5.74, 6) is -1.43. The lowest BCUT2D eigenvalue weighted by Crippen LogP contribution is -2.47. The Kier molecular flexibility index (Phi) is 5.80. The number of hydrogen-bond acceptors (Lipinski definition) is 3. The van der Waals surface area contributed by atoms with Crippen LogP contribution in [0.25, 0.3) is 0 Å². The summed E-state index contributed by atoms with van der Waals surface area (Å²) in [7, 11) is 3.74. The first-order valence-electron chi connectivity index (χ1n) is 7.14. The van der Waals surface area contributed by atoms with Crippen molar-refractivity contribution in [3.05, 3.63) is 0 Å². The molecule has 0 aromatic carbocycles. The van der Waals surface area contributed by atoms with Crippen molar-refractivity contribution < 1.29 is 14.7 Å². The number of carbonyl (C=O) groups is 2. The minimum atomic E-state index is -0.882. The molecule has 2 amide bonds. The number of urea groups is 1. The number of nitrogens with zero attached hydrogens (tertiary/aromatic N) is 2. The molecular weight excluding hydrogens is 258 g/mol. The molecule has 2 N–H and O–H groups in total. The van der Waals surface area contributed by atoms with Crippen LogP contribution < -0.4 is 5.32 Å². The van der Waals surface area contributed by atoms with E-state index >= 15 is 0 Å². The Morgan fingerprint density at radius 2 is 1.95 bits per heavy atom. The molecule has 0 aromatic heterocycles. The summed E-state index contributed by atoms with van der Waals surface area (Å²) in [5.41, 5.74) is 0.140. The zero-order valence-electron chi connectivity index (χ0n) is 13.0. The van der Waals surface area contributed by atoms with Crippen molar-refractivity contribution in [2.45, 2.75) is 26.7 Å². The van der Waals surface area contributed by atoms with E-state index in [1.807, 2.05) is 0 Å². The van der Waals surface area contributed by atoms with E-state index in [4.69, 9.17) is 5.11 Å². The average Bonchev–Trinajstić information content (AvgIpc) is 2.39. The lowest BCUT2D eigenvalue weighted by atomic mass is 9.80. The molecule has 20 heavy (non-hydrogen) atoms. The lowest BCUT2D eigenvalue weighted by molar-refractivity contribution is -0.141. The molecule has 1 aliphatic heterocycles. The van der Waals surface area contributed by atoms with Gasteiger partial charge >= 0.3 is 12.0 Å². The van der Waals surface area contributed by atoms with Crippen molar-refractivity contribution in [3.63, 3.8) is 0 Å². The predicted molar refractivity (Wildman–Crippen MR) is 77.7 cm³/mol. The van der Waals surface area contributed by atoms with Gasteiger partial charge in [-0.2, -0.15) is 0 Å². The minimum absolute atomic E-state index is 0.140. The number of nitrogens with one attached hydrogen (secondary N) is 1. The second kappa shape index (κ2) is 6.92. The Hall–Kier alpha value is -1.30. The van der Waals surface area contributed by atoms with Crippen molar-refractivity contribution in [1.82, 2.24) is 15.1 Å². The van der Waals surface area contributed by atoms with Gasteiger partial charge in [-0.05, 0) is 38.4 Å². The van der Waals surface area contributed by atoms with Crippen LogP contribution in [0.15, 0.2) is 0 Å². The van der Waals surface area contributed by atoms with E-state index < -0.39 is 11.9 Å². The molecule has 0 aliphatic carbocycles. The predicted octanol–water partition coefficient (Wildman–Crippen LogP) is 1.08. The van der Waals surface area contributed by atoms with Gasteiger partial charge in [-0.1, -0.05) is 13.8 Å². The van der Waals surface area contributed by atoms with Gasteiger partial charge in [0.25, 0.3) is 0 Å². The van der Waals surface area contributed by atoms with Crippen LogP contribution in [0.2, 0.25) is 0 Å². The highest BCUT2D eigenvalue weighted by Crippen LogP contribution is 2.29. The van der Waals surface area contributed by atoms with E-state index in [0.717, 1.165) is 25.9 Å². The summed E-state index contributed by atoms with van der Waals surface area (Å²) >= 11 is 0. The van der Waals surface area contributed by atoms with Crippen molar-refractivity contribution in [1.29, 1.82) is 0 Å². The maximum Gasteiger partial charge on any atom is 0.317 e. The molecule has 1 aliphatic rings. The molecule has 1 atom stereocenters. The third kappa shape index (κ3) is 5.00. The van der Waals surface area contributed by atoms with E-state index in [9.17, 15) is 9.59 Å². The first kappa shape index (κ1) is 16.8. The monoisotopic (exact) mass is 285 g/mol. The fourth-order valence-corrected chi connectivity index (χ4v) is 2.33. The number of carboxylic acids is 1. The molecule has 116 valence electrons. The quantitative estimate of drug-likeness (QED) is 0.793. The summed E-state index contributed by atoms with van der Waals surface area (Å²) in [5, 5.41) is 11.8. The van der Waals surface area contributed by atoms with E-state index in [2.05, 4.69) is 24.2 Å². The van der Waals surface area contributed by atoms with Gasteiger partial charge in [-0.3, -0.25) is 4.79 Å². The summed E-state index contributed by atoms with van der Waals surface area (Å²) in [6.45, 7) is 6.77. The first-order valence-corrected chi connectivity index (χ1v) is 7.14. The summed E-state index contributed by atoms with van der Waals surface area (Å²) < 4.78 is 0. The Bertz CT molecular complexity index is 352. The second-order valence-corrected chi connectivity index (χ2v) is 6.39. The Labute approximate surface area is 121 Å². The molecule has 0 aromatic rings. The molecule has 1 fully saturated rings. The zero-order valence-corrected chi connectivity index (χ0v) is 13.0. The topological polar surface area (TPSA) is 72.9 Å². The number of carboxylic acid groups (broad SMARTS) is 1. The van der Waals surface area contributed by atoms with Crippen molar-refractivity contribution in [3.8, 4) is 0 Å². The number of amides is 2. The highest BCUT2D eigenvalue weighted by molar-refractivity contribution is 5.75. The smallest absolute Gasteiger partial charge is 0.317 e. The van der Waals surface area contributed by atoms with Gasteiger partial charge in [0.1, 0.15) is 0 Å². The highest BCUT2D eigenvalue weighted by Gasteiger charge is 2.29. The SMILES string of the molecule is CC(CN(C)C(=O)NCC1(C)CCN(C)CC1)C(=O)O. The number of carbonyl (C=O) groups excluding carboxylic acids is 1. The Balaban J connectivity index is 2.37. The van der Waals surface area contributed by atoms with Crippen LogP contribution in [-0.2, 0) is 4.79 Å². The van der Waals surface area contributed by atoms with Crippen molar-refractivity contribution in [2.75, 3.05) is 40.3 Å². The minimum Gasteiger partial charge on any atom is -0.481 e. The molecule has 0 spiro atoms. The standard InChI is InChI=1S/C14H27N3O3/c1-11(12(18)19)9-17(4)13(20)15-10-14(2)5-7-16(3)8-6-14/h11H,5-10H2,1-4H3,(H,15,20)(H,18,19). The van der Waals surface area contributed by atoms with E-state index in [0.29, 0.717) is 6.54 Å². The van der Waals surface area contributed by atoms with Crippen LogP contribution in [0.5, 0.6) is 0 Å². The molecule has 0 radical (unpaired) electrons. The van der Waals surface area contributed by atoms with Crippen molar-refractivity contribution in [2.24, 2.45) is 11.3 Å². The molecule has 6 nitrogen and oxygen atoms in total. The van der Waals surface area contributed by atoms with E-state index in [1.165, 1.54) is 4.90 Å². The molecule has 1 unspecified atom stereocenters. The molecule has 1 saturated heterocycles. The van der Waals surface area contributed by atoms with Gasteiger partial charge < -0.3 is 20.2 Å². The molecular formula is C14H27N3O3. The fraction of sp³-hybridized carbons (Fsp3) is 0.857. The zero-order chi connectivity index (χ0) is 15.3. The van der Waals surface area contributed by atoms with Crippen LogP contribution >= 0.6 is 0 Å². The largest absolute Gasteiger partial charge is 0.481 e. The number of aliphatic carboxylic acids is 1. The average molecular weight is 285 g/mol. The molecule has 1 heterocycles. The number of piperidine rings is 1. The fourth-order valence-electron chi connectivity index (χ4n) is 2.33. The van der Waals surface area contributed by atoms with Gasteiger partial charge in [0, 0.05) is 20.1 Å². The molecule has 1 rings (SSSR count). The molecule has 0 saturated carbocycles. The van der Waals surface area contributed by atoms with Crippen LogP contribution in [-0.4, -0.2) is 67.2 Å². The van der Waals surface area contributed by atoms with Gasteiger partial charge in [-0.25, -0.2) is 4.79 Å². The first-order chi connectivity index (χ1) is 9.23. The van der Waals surface area contributed by atoms with Gasteiger partial charge in [0.15, 0.2) is 0 Å². The molecule has 6 heteroatoms. The summed E-state index contributed by atoms with van der Waals surface area (Å²) in [4.78, 5) is 26.5. The third-order valence-electron chi connectivity index (χ3n) is 4.18. The maximum absolute atomic E-state index is 12.0. The summed E-state index contributed by atoms with van der Waals surface area (Å²) in [6.07, 6.45) is 2.14. The van der Waals surface area contributed by atoms with Gasteiger partial charge in [0.05, 0.1) is 5.92 Å². The van der Waals surface area contributed by atoms with Crippen LogP contribution in [0.3, 0.4) is 0 Å². The Morgan fingerprint density at radius 3 is 2.45 bits per heavy atom. The Morgan fingerprint density at radius 1 is 1.40 bits per heavy atom. The van der Waals surface area contributed by atoms with E-state index in [-0.39, 0.29) is 18.0 Å². The summed E-state index contributed by atoms with van der Waals surface area (Å²) in [6, 6.07) is -0.196. The van der Waals surface area contributed by atoms with Gasteiger partial charge in [0.2, 0.25) is 0 Å². The normalized spacial score (nSPS) is 20.2. The number of rotatable bonds is 5. The number of hydrogen-bond donors (Lipinski definition) is 2. The lowest BCUT2D eigenvalue weighted by Gasteiger charge is -2.38. The third-order valence-corrected chi connectivity index (χ3v) is 4.18.